The quantitative estimate of drug-likeness (QED) is 0.655. The Morgan fingerprint density at radius 1 is 1.21 bits per heavy atom. The first-order valence-corrected chi connectivity index (χ1v) is 7.71. The molecule has 19 heavy (non-hydrogen) atoms. The molecule has 2 atom stereocenters. The molecule has 0 bridgehead atoms. The zero-order valence-corrected chi connectivity index (χ0v) is 12.5. The Morgan fingerprint density at radius 3 is 2.42 bits per heavy atom. The van der Waals surface area contributed by atoms with Gasteiger partial charge in [-0.3, -0.25) is 4.90 Å². The number of nitrogens with zero attached hydrogens (tertiary/aromatic N) is 1. The van der Waals surface area contributed by atoms with Gasteiger partial charge in [-0.05, 0) is 43.3 Å². The second-order valence-electron chi connectivity index (χ2n) is 5.64. The lowest BCUT2D eigenvalue weighted by Gasteiger charge is -2.33. The predicted molar refractivity (Wildman–Crippen MR) is 84.1 cm³/mol. The molecule has 0 amide bonds. The van der Waals surface area contributed by atoms with Crippen LogP contribution in [0.1, 0.15) is 33.6 Å². The Hall–Kier alpha value is -1.08. The van der Waals surface area contributed by atoms with Crippen LogP contribution in [0.5, 0.6) is 0 Å². The average molecular weight is 257 g/mol. The molecule has 2 aliphatic rings. The van der Waals surface area contributed by atoms with E-state index in [1.54, 1.807) is 0 Å². The summed E-state index contributed by atoms with van der Waals surface area (Å²) < 4.78 is 0. The molecule has 104 valence electrons. The first kappa shape index (κ1) is 14.3. The van der Waals surface area contributed by atoms with Crippen LogP contribution < -0.4 is 0 Å². The lowest BCUT2D eigenvalue weighted by atomic mass is 9.86. The first-order chi connectivity index (χ1) is 9.26. The second-order valence-corrected chi connectivity index (χ2v) is 5.64. The molecular formula is C18H27N. The van der Waals surface area contributed by atoms with Crippen LogP contribution in [0, 0.1) is 11.8 Å². The van der Waals surface area contributed by atoms with Crippen molar-refractivity contribution in [2.24, 2.45) is 11.8 Å². The van der Waals surface area contributed by atoms with E-state index in [9.17, 15) is 0 Å². The molecule has 0 fully saturated rings. The molecule has 1 heteroatoms. The van der Waals surface area contributed by atoms with Crippen LogP contribution in [0.2, 0.25) is 0 Å². The highest BCUT2D eigenvalue weighted by molar-refractivity contribution is 5.31. The highest BCUT2D eigenvalue weighted by Gasteiger charge is 2.25. The zero-order chi connectivity index (χ0) is 13.7. The lowest BCUT2D eigenvalue weighted by Crippen LogP contribution is -2.37. The van der Waals surface area contributed by atoms with Crippen molar-refractivity contribution in [3.05, 3.63) is 48.1 Å². The van der Waals surface area contributed by atoms with Gasteiger partial charge >= 0.3 is 0 Å². The Labute approximate surface area is 118 Å². The average Bonchev–Trinajstić information content (AvgIpc) is 3.12. The van der Waals surface area contributed by atoms with Crippen LogP contribution in [0.25, 0.3) is 0 Å². The van der Waals surface area contributed by atoms with Gasteiger partial charge in [-0.25, -0.2) is 0 Å². The number of hydrogen-bond donors (Lipinski definition) is 0. The van der Waals surface area contributed by atoms with E-state index in [1.807, 2.05) is 0 Å². The maximum absolute atomic E-state index is 2.60. The maximum atomic E-state index is 2.60. The number of rotatable bonds is 7. The van der Waals surface area contributed by atoms with Gasteiger partial charge in [-0.1, -0.05) is 63.3 Å². The maximum Gasteiger partial charge on any atom is 0.0347 e. The molecule has 2 unspecified atom stereocenters. The summed E-state index contributed by atoms with van der Waals surface area (Å²) in [4.78, 5) is 2.60. The van der Waals surface area contributed by atoms with Crippen LogP contribution in [-0.2, 0) is 0 Å². The van der Waals surface area contributed by atoms with E-state index in [-0.39, 0.29) is 0 Å². The summed E-state index contributed by atoms with van der Waals surface area (Å²) in [5.74, 6) is 1.33. The molecular weight excluding hydrogens is 230 g/mol. The highest BCUT2D eigenvalue weighted by atomic mass is 15.1. The fraction of sp³-hybridized carbons (Fsp3) is 0.556. The van der Waals surface area contributed by atoms with Crippen molar-refractivity contribution in [3.8, 4) is 0 Å². The van der Waals surface area contributed by atoms with Gasteiger partial charge in [0.15, 0.2) is 0 Å². The number of likely N-dealkylation sites (N-methyl/N-ethyl adjacent to an activating group) is 1. The minimum Gasteiger partial charge on any atom is -0.297 e. The van der Waals surface area contributed by atoms with Gasteiger partial charge in [0, 0.05) is 6.04 Å². The van der Waals surface area contributed by atoms with Gasteiger partial charge < -0.3 is 0 Å². The molecule has 0 aromatic heterocycles. The minimum atomic E-state index is 0.589. The first-order valence-electron chi connectivity index (χ1n) is 7.71. The van der Waals surface area contributed by atoms with E-state index < -0.39 is 0 Å². The summed E-state index contributed by atoms with van der Waals surface area (Å²) in [6, 6.07) is 0.589. The monoisotopic (exact) mass is 257 g/mol. The molecule has 1 nitrogen and oxygen atoms in total. The largest absolute Gasteiger partial charge is 0.297 e. The Morgan fingerprint density at radius 2 is 1.89 bits per heavy atom. The zero-order valence-electron chi connectivity index (χ0n) is 12.5. The number of allylic oxidation sites excluding steroid dienone is 6. The van der Waals surface area contributed by atoms with Crippen molar-refractivity contribution in [3.63, 3.8) is 0 Å². The third-order valence-electron chi connectivity index (χ3n) is 4.47. The molecule has 2 rings (SSSR count). The van der Waals surface area contributed by atoms with Gasteiger partial charge in [0.2, 0.25) is 0 Å². The van der Waals surface area contributed by atoms with Gasteiger partial charge in [0.05, 0.1) is 0 Å². The summed E-state index contributed by atoms with van der Waals surface area (Å²) in [7, 11) is 0. The van der Waals surface area contributed by atoms with E-state index in [0.717, 1.165) is 19.5 Å². The Bertz CT molecular complexity index is 384. The lowest BCUT2D eigenvalue weighted by molar-refractivity contribution is 0.211. The van der Waals surface area contributed by atoms with Crippen molar-refractivity contribution >= 4 is 0 Å². The molecule has 0 saturated carbocycles. The van der Waals surface area contributed by atoms with Crippen LogP contribution >= 0.6 is 0 Å². The van der Waals surface area contributed by atoms with Crippen molar-refractivity contribution < 1.29 is 0 Å². The van der Waals surface area contributed by atoms with Crippen LogP contribution in [0.4, 0.5) is 0 Å². The smallest absolute Gasteiger partial charge is 0.0347 e. The van der Waals surface area contributed by atoms with Crippen LogP contribution in [-0.4, -0.2) is 24.0 Å². The topological polar surface area (TPSA) is 3.24 Å². The Balaban J connectivity index is 2.06. The minimum absolute atomic E-state index is 0.589. The fourth-order valence-electron chi connectivity index (χ4n) is 3.22. The molecule has 0 saturated heterocycles. The van der Waals surface area contributed by atoms with Crippen LogP contribution in [0.3, 0.4) is 0 Å². The van der Waals surface area contributed by atoms with Crippen molar-refractivity contribution in [2.75, 3.05) is 13.1 Å². The third-order valence-corrected chi connectivity index (χ3v) is 4.47. The molecule has 0 spiro atoms. The third kappa shape index (κ3) is 3.48. The summed E-state index contributed by atoms with van der Waals surface area (Å²) in [5.41, 5.74) is 1.53. The van der Waals surface area contributed by atoms with Crippen molar-refractivity contribution in [1.82, 2.24) is 4.90 Å². The fourth-order valence-corrected chi connectivity index (χ4v) is 3.22. The van der Waals surface area contributed by atoms with E-state index in [1.165, 1.54) is 12.0 Å². The Kier molecular flexibility index (Phi) is 5.21. The SMILES string of the molecule is CCN(CC)C(CC(C)C1C=CC=C1)C1=CCC=C1. The standard InChI is InChI=1S/C18H27N/c1-4-19(5-2)18(17-12-8-9-13-17)14-15(3)16-10-6-7-11-16/h6-8,10-13,15-16,18H,4-5,9,14H2,1-3H3. The molecule has 0 radical (unpaired) electrons. The molecule has 0 aliphatic heterocycles. The summed E-state index contributed by atoms with van der Waals surface area (Å²) in [6.45, 7) is 9.21. The van der Waals surface area contributed by atoms with E-state index >= 15 is 0 Å². The van der Waals surface area contributed by atoms with Gasteiger partial charge in [0.25, 0.3) is 0 Å². The molecule has 0 aromatic rings. The van der Waals surface area contributed by atoms with Crippen molar-refractivity contribution in [1.29, 1.82) is 0 Å². The molecule has 0 aromatic carbocycles. The normalized spacial score (nSPS) is 21.4. The van der Waals surface area contributed by atoms with E-state index in [0.29, 0.717) is 17.9 Å². The van der Waals surface area contributed by atoms with E-state index in [2.05, 4.69) is 68.2 Å². The predicted octanol–water partition coefficient (Wildman–Crippen LogP) is 4.35. The molecule has 2 aliphatic carbocycles. The van der Waals surface area contributed by atoms with Crippen LogP contribution in [0.15, 0.2) is 48.1 Å². The van der Waals surface area contributed by atoms with Crippen molar-refractivity contribution in [2.45, 2.75) is 39.7 Å². The summed E-state index contributed by atoms with van der Waals surface area (Å²) in [6.07, 6.45) is 18.4. The van der Waals surface area contributed by atoms with E-state index in [4.69, 9.17) is 0 Å². The molecule has 0 N–H and O–H groups in total. The summed E-state index contributed by atoms with van der Waals surface area (Å²) in [5, 5.41) is 0. The number of hydrogen-bond acceptors (Lipinski definition) is 1. The highest BCUT2D eigenvalue weighted by Crippen LogP contribution is 2.29. The van der Waals surface area contributed by atoms with Gasteiger partial charge in [-0.15, -0.1) is 0 Å². The molecule has 0 heterocycles. The van der Waals surface area contributed by atoms with Gasteiger partial charge in [-0.2, -0.15) is 0 Å². The van der Waals surface area contributed by atoms with Gasteiger partial charge in [0.1, 0.15) is 0 Å². The second kappa shape index (κ2) is 6.91. The summed E-state index contributed by atoms with van der Waals surface area (Å²) >= 11 is 0.